The Bertz CT molecular complexity index is 1090. The van der Waals surface area contributed by atoms with Crippen molar-refractivity contribution in [3.8, 4) is 0 Å². The zero-order chi connectivity index (χ0) is 21.3. The third-order valence-corrected chi connectivity index (χ3v) is 5.02. The van der Waals surface area contributed by atoms with Crippen LogP contribution in [0.2, 0.25) is 5.02 Å². The average molecular weight is 426 g/mol. The summed E-state index contributed by atoms with van der Waals surface area (Å²) in [5.41, 5.74) is 1.95. The highest BCUT2D eigenvalue weighted by molar-refractivity contribution is 6.31. The summed E-state index contributed by atoms with van der Waals surface area (Å²) in [5, 5.41) is 10.6. The zero-order valence-corrected chi connectivity index (χ0v) is 17.3. The van der Waals surface area contributed by atoms with Crippen LogP contribution in [0.4, 0.5) is 16.3 Å². The molecule has 0 saturated carbocycles. The monoisotopic (exact) mass is 425 g/mol. The molecule has 0 saturated heterocycles. The normalized spacial score (nSPS) is 15.4. The van der Waals surface area contributed by atoms with Gasteiger partial charge in [0, 0.05) is 22.7 Å². The maximum Gasteiger partial charge on any atom is 0.250 e. The van der Waals surface area contributed by atoms with Crippen molar-refractivity contribution in [2.24, 2.45) is 5.92 Å². The second-order valence-corrected chi connectivity index (χ2v) is 7.91. The predicted octanol–water partition coefficient (Wildman–Crippen LogP) is 5.11. The summed E-state index contributed by atoms with van der Waals surface area (Å²) in [7, 11) is 0. The molecular formula is C22H21ClFN5O. The molecule has 0 aliphatic carbocycles. The van der Waals surface area contributed by atoms with Crippen molar-refractivity contribution in [3.05, 3.63) is 76.6 Å². The Kier molecular flexibility index (Phi) is 5.55. The Balaban J connectivity index is 1.77. The van der Waals surface area contributed by atoms with E-state index in [9.17, 15) is 9.18 Å². The number of carbonyl (C=O) groups excluding carboxylic acids is 1. The van der Waals surface area contributed by atoms with Crippen molar-refractivity contribution in [3.63, 3.8) is 0 Å². The third-order valence-electron chi connectivity index (χ3n) is 4.69. The lowest BCUT2D eigenvalue weighted by molar-refractivity contribution is -0.116. The van der Waals surface area contributed by atoms with Crippen LogP contribution in [0.5, 0.6) is 0 Å². The second kappa shape index (κ2) is 8.28. The molecule has 8 heteroatoms. The standard InChI is InChI=1S/C22H21ClFN5O/c1-13(2)11-19(30)26-21-27-22-25-17(14-7-4-3-5-8-14)12-18(29(22)28-21)20-15(23)9-6-10-16(20)24/h3-10,12-13,18H,11H2,1-2H3,(H2,25,26,27,28,30)/t18-/m1/s1. The largest absolute Gasteiger partial charge is 0.324 e. The molecule has 2 aromatic carbocycles. The summed E-state index contributed by atoms with van der Waals surface area (Å²) in [6.07, 6.45) is 2.20. The Morgan fingerprint density at radius 3 is 2.70 bits per heavy atom. The summed E-state index contributed by atoms with van der Waals surface area (Å²) in [6.45, 7) is 3.91. The molecule has 3 aromatic rings. The molecule has 1 aliphatic heterocycles. The van der Waals surface area contributed by atoms with Crippen molar-refractivity contribution in [2.45, 2.75) is 26.3 Å². The first kappa shape index (κ1) is 20.1. The van der Waals surface area contributed by atoms with Gasteiger partial charge >= 0.3 is 0 Å². The van der Waals surface area contributed by atoms with Crippen molar-refractivity contribution in [2.75, 3.05) is 10.6 Å². The van der Waals surface area contributed by atoms with Gasteiger partial charge in [-0.3, -0.25) is 10.1 Å². The quantitative estimate of drug-likeness (QED) is 0.595. The van der Waals surface area contributed by atoms with Crippen molar-refractivity contribution < 1.29 is 9.18 Å². The van der Waals surface area contributed by atoms with Gasteiger partial charge in [0.1, 0.15) is 11.9 Å². The Hall–Kier alpha value is -3.19. The number of hydrogen-bond acceptors (Lipinski definition) is 4. The SMILES string of the molecule is CC(C)CC(=O)Nc1nc2n(n1)[C@@H](c1c(F)cccc1Cl)C=C(c1ccccc1)N2. The first-order valence-corrected chi connectivity index (χ1v) is 10.0. The molecule has 1 amide bonds. The predicted molar refractivity (Wildman–Crippen MR) is 116 cm³/mol. The van der Waals surface area contributed by atoms with E-state index < -0.39 is 11.9 Å². The average Bonchev–Trinajstić information content (AvgIpc) is 3.10. The van der Waals surface area contributed by atoms with Gasteiger partial charge in [0.2, 0.25) is 11.9 Å². The highest BCUT2D eigenvalue weighted by atomic mass is 35.5. The van der Waals surface area contributed by atoms with Crippen LogP contribution in [0.15, 0.2) is 54.6 Å². The summed E-state index contributed by atoms with van der Waals surface area (Å²) < 4.78 is 16.3. The highest BCUT2D eigenvalue weighted by Gasteiger charge is 2.29. The minimum absolute atomic E-state index is 0.156. The van der Waals surface area contributed by atoms with E-state index in [1.807, 2.05) is 50.3 Å². The van der Waals surface area contributed by atoms with Crippen LogP contribution in [-0.2, 0) is 4.79 Å². The van der Waals surface area contributed by atoms with E-state index in [4.69, 9.17) is 11.6 Å². The van der Waals surface area contributed by atoms with Gasteiger partial charge in [0.05, 0.1) is 0 Å². The molecule has 4 rings (SSSR count). The Labute approximate surface area is 178 Å². The van der Waals surface area contributed by atoms with Gasteiger partial charge in [-0.25, -0.2) is 9.07 Å². The summed E-state index contributed by atoms with van der Waals surface area (Å²) >= 11 is 6.35. The van der Waals surface area contributed by atoms with Gasteiger partial charge in [0.25, 0.3) is 5.95 Å². The number of allylic oxidation sites excluding steroid dienone is 1. The van der Waals surface area contributed by atoms with E-state index in [1.54, 1.807) is 12.1 Å². The van der Waals surface area contributed by atoms with Crippen LogP contribution < -0.4 is 10.6 Å². The number of carbonyl (C=O) groups is 1. The molecule has 6 nitrogen and oxygen atoms in total. The molecule has 1 atom stereocenters. The number of nitrogens with one attached hydrogen (secondary N) is 2. The van der Waals surface area contributed by atoms with Crippen LogP contribution >= 0.6 is 11.6 Å². The molecule has 30 heavy (non-hydrogen) atoms. The fourth-order valence-electron chi connectivity index (χ4n) is 3.38. The fourth-order valence-corrected chi connectivity index (χ4v) is 3.65. The number of rotatable bonds is 5. The molecular weight excluding hydrogens is 405 g/mol. The second-order valence-electron chi connectivity index (χ2n) is 7.50. The number of benzene rings is 2. The van der Waals surface area contributed by atoms with Gasteiger partial charge in [-0.05, 0) is 29.7 Å². The molecule has 0 unspecified atom stereocenters. The maximum atomic E-state index is 14.8. The smallest absolute Gasteiger partial charge is 0.250 e. The molecule has 2 heterocycles. The van der Waals surface area contributed by atoms with Gasteiger partial charge in [-0.1, -0.05) is 61.8 Å². The summed E-state index contributed by atoms with van der Waals surface area (Å²) in [5.74, 6) is 0.134. The van der Waals surface area contributed by atoms with E-state index in [2.05, 4.69) is 20.7 Å². The molecule has 1 aromatic heterocycles. The van der Waals surface area contributed by atoms with Gasteiger partial charge in [-0.2, -0.15) is 4.98 Å². The van der Waals surface area contributed by atoms with Gasteiger partial charge in [0.15, 0.2) is 0 Å². The molecule has 0 spiro atoms. The molecule has 0 fully saturated rings. The molecule has 154 valence electrons. The number of aromatic nitrogens is 3. The number of fused-ring (bicyclic) bond motifs is 1. The maximum absolute atomic E-state index is 14.8. The number of nitrogens with zero attached hydrogens (tertiary/aromatic N) is 3. The zero-order valence-electron chi connectivity index (χ0n) is 16.6. The van der Waals surface area contributed by atoms with E-state index in [0.717, 1.165) is 11.3 Å². The van der Waals surface area contributed by atoms with E-state index in [-0.39, 0.29) is 22.8 Å². The molecule has 0 bridgehead atoms. The molecule has 2 N–H and O–H groups in total. The van der Waals surface area contributed by atoms with Crippen LogP contribution in [-0.4, -0.2) is 20.7 Å². The summed E-state index contributed by atoms with van der Waals surface area (Å²) in [6, 6.07) is 13.6. The van der Waals surface area contributed by atoms with Crippen molar-refractivity contribution >= 4 is 35.1 Å². The minimum Gasteiger partial charge on any atom is -0.324 e. The van der Waals surface area contributed by atoms with Crippen molar-refractivity contribution in [1.29, 1.82) is 0 Å². The third kappa shape index (κ3) is 4.07. The first-order valence-electron chi connectivity index (χ1n) is 9.67. The number of anilines is 2. The van der Waals surface area contributed by atoms with Crippen LogP contribution in [0.25, 0.3) is 5.70 Å². The van der Waals surface area contributed by atoms with E-state index >= 15 is 0 Å². The van der Waals surface area contributed by atoms with Crippen LogP contribution in [0.1, 0.15) is 37.4 Å². The van der Waals surface area contributed by atoms with Crippen LogP contribution in [0.3, 0.4) is 0 Å². The van der Waals surface area contributed by atoms with E-state index in [0.29, 0.717) is 17.9 Å². The fraction of sp³-hybridized carbons (Fsp3) is 0.227. The number of hydrogen-bond donors (Lipinski definition) is 2. The Morgan fingerprint density at radius 2 is 2.00 bits per heavy atom. The number of halogens is 2. The topological polar surface area (TPSA) is 71.8 Å². The first-order chi connectivity index (χ1) is 14.4. The minimum atomic E-state index is -0.631. The Morgan fingerprint density at radius 1 is 1.23 bits per heavy atom. The highest BCUT2D eigenvalue weighted by Crippen LogP contribution is 2.37. The lowest BCUT2D eigenvalue weighted by atomic mass is 10.0. The van der Waals surface area contributed by atoms with E-state index in [1.165, 1.54) is 10.7 Å². The van der Waals surface area contributed by atoms with Gasteiger partial charge in [-0.15, -0.1) is 5.10 Å². The summed E-state index contributed by atoms with van der Waals surface area (Å²) in [4.78, 5) is 16.6. The lowest BCUT2D eigenvalue weighted by Crippen LogP contribution is -2.21. The number of amides is 1. The van der Waals surface area contributed by atoms with Gasteiger partial charge < -0.3 is 5.32 Å². The lowest BCUT2D eigenvalue weighted by Gasteiger charge is -2.25. The molecule has 1 aliphatic rings. The van der Waals surface area contributed by atoms with Crippen molar-refractivity contribution in [1.82, 2.24) is 14.8 Å². The van der Waals surface area contributed by atoms with Crippen LogP contribution in [0, 0.1) is 11.7 Å². The molecule has 0 radical (unpaired) electrons.